The highest BCUT2D eigenvalue weighted by Gasteiger charge is 2.39. The van der Waals surface area contributed by atoms with Crippen LogP contribution in [0.25, 0.3) is 0 Å². The average Bonchev–Trinajstić information content (AvgIpc) is 2.68. The molecule has 2 fully saturated rings. The number of likely N-dealkylation sites (tertiary alicyclic amines) is 2. The van der Waals surface area contributed by atoms with Crippen LogP contribution in [-0.4, -0.2) is 71.7 Å². The lowest BCUT2D eigenvalue weighted by Gasteiger charge is -2.47. The lowest BCUT2D eigenvalue weighted by Crippen LogP contribution is -2.57. The molecule has 2 saturated heterocycles. The van der Waals surface area contributed by atoms with Crippen molar-refractivity contribution in [2.45, 2.75) is 36.8 Å². The Hall–Kier alpha value is -1.60. The number of fused-ring (bicyclic) bond motifs is 1. The molecule has 0 saturated carbocycles. The van der Waals surface area contributed by atoms with Crippen molar-refractivity contribution < 1.29 is 14.3 Å². The van der Waals surface area contributed by atoms with Gasteiger partial charge in [0.25, 0.3) is 0 Å². The third-order valence-electron chi connectivity index (χ3n) is 5.22. The van der Waals surface area contributed by atoms with Gasteiger partial charge < -0.3 is 14.5 Å². The molecular formula is C19H27N3O3S. The van der Waals surface area contributed by atoms with E-state index in [1.54, 1.807) is 13.3 Å². The van der Waals surface area contributed by atoms with E-state index in [9.17, 15) is 9.59 Å². The maximum atomic E-state index is 12.6. The molecule has 3 rings (SSSR count). The maximum Gasteiger partial charge on any atom is 0.233 e. The van der Waals surface area contributed by atoms with Gasteiger partial charge in [-0.15, -0.1) is 0 Å². The molecule has 142 valence electrons. The Kier molecular flexibility index (Phi) is 6.91. The van der Waals surface area contributed by atoms with Crippen LogP contribution in [0.3, 0.4) is 0 Å². The largest absolute Gasteiger partial charge is 0.385 e. The second kappa shape index (κ2) is 9.37. The molecule has 6 nitrogen and oxygen atoms in total. The van der Waals surface area contributed by atoms with Crippen LogP contribution in [0.4, 0.5) is 0 Å². The predicted octanol–water partition coefficient (Wildman–Crippen LogP) is 2.05. The summed E-state index contributed by atoms with van der Waals surface area (Å²) >= 11 is 1.49. The van der Waals surface area contributed by atoms with Crippen molar-refractivity contribution in [1.29, 1.82) is 0 Å². The molecule has 2 aliphatic rings. The number of thioether (sulfide) groups is 1. The van der Waals surface area contributed by atoms with Gasteiger partial charge in [0, 0.05) is 52.0 Å². The van der Waals surface area contributed by atoms with Crippen molar-refractivity contribution >= 4 is 23.6 Å². The molecule has 2 amide bonds. The lowest BCUT2D eigenvalue weighted by molar-refractivity contribution is -0.143. The first kappa shape index (κ1) is 19.2. The minimum Gasteiger partial charge on any atom is -0.385 e. The summed E-state index contributed by atoms with van der Waals surface area (Å²) < 4.78 is 5.12. The lowest BCUT2D eigenvalue weighted by atomic mass is 9.83. The van der Waals surface area contributed by atoms with Crippen molar-refractivity contribution in [2.24, 2.45) is 5.92 Å². The van der Waals surface area contributed by atoms with Gasteiger partial charge in [-0.3, -0.25) is 9.59 Å². The van der Waals surface area contributed by atoms with Crippen LogP contribution in [0.5, 0.6) is 0 Å². The van der Waals surface area contributed by atoms with E-state index in [1.807, 2.05) is 28.0 Å². The quantitative estimate of drug-likeness (QED) is 0.538. The zero-order valence-corrected chi connectivity index (χ0v) is 16.1. The third-order valence-corrected chi connectivity index (χ3v) is 6.15. The van der Waals surface area contributed by atoms with Gasteiger partial charge in [0.1, 0.15) is 0 Å². The van der Waals surface area contributed by atoms with Crippen molar-refractivity contribution in [3.05, 3.63) is 24.4 Å². The second-order valence-electron chi connectivity index (χ2n) is 6.88. The molecule has 0 aromatic carbocycles. The third kappa shape index (κ3) is 4.76. The number of carbonyl (C=O) groups is 2. The summed E-state index contributed by atoms with van der Waals surface area (Å²) in [6, 6.07) is 6.01. The second-order valence-corrected chi connectivity index (χ2v) is 7.88. The van der Waals surface area contributed by atoms with Gasteiger partial charge in [0.05, 0.1) is 10.8 Å². The Balaban J connectivity index is 1.52. The van der Waals surface area contributed by atoms with E-state index in [-0.39, 0.29) is 17.9 Å². The fourth-order valence-electron chi connectivity index (χ4n) is 3.91. The number of pyridine rings is 1. The number of carbonyl (C=O) groups excluding carboxylic acids is 2. The van der Waals surface area contributed by atoms with E-state index < -0.39 is 0 Å². The summed E-state index contributed by atoms with van der Waals surface area (Å²) in [5, 5.41) is 0.878. The van der Waals surface area contributed by atoms with Gasteiger partial charge >= 0.3 is 0 Å². The van der Waals surface area contributed by atoms with Crippen molar-refractivity contribution in [1.82, 2.24) is 14.8 Å². The molecule has 1 aromatic heterocycles. The Morgan fingerprint density at radius 1 is 1.38 bits per heavy atom. The van der Waals surface area contributed by atoms with E-state index in [2.05, 4.69) is 4.98 Å². The molecule has 0 radical (unpaired) electrons. The van der Waals surface area contributed by atoms with Gasteiger partial charge in [-0.1, -0.05) is 17.8 Å². The Morgan fingerprint density at radius 2 is 2.27 bits per heavy atom. The number of methoxy groups -OCH3 is 1. The standard InChI is InChI=1S/C19H27N3O3S/c1-25-12-4-10-22-16-8-11-21(13-15(16)6-7-18(22)23)19(24)14-26-17-5-2-3-9-20-17/h2-3,5,9,15-16H,4,6-8,10-14H2,1H3/t15-,16+/m0/s1. The number of hydrogen-bond donors (Lipinski definition) is 0. The average molecular weight is 378 g/mol. The highest BCUT2D eigenvalue weighted by atomic mass is 32.2. The van der Waals surface area contributed by atoms with E-state index in [4.69, 9.17) is 4.74 Å². The van der Waals surface area contributed by atoms with Crippen LogP contribution in [-0.2, 0) is 14.3 Å². The zero-order valence-electron chi connectivity index (χ0n) is 15.3. The smallest absolute Gasteiger partial charge is 0.233 e. The summed E-state index contributed by atoms with van der Waals surface area (Å²) in [6.07, 6.45) is 4.98. The molecule has 1 aromatic rings. The molecule has 26 heavy (non-hydrogen) atoms. The van der Waals surface area contributed by atoms with Crippen LogP contribution in [0.2, 0.25) is 0 Å². The number of nitrogens with zero attached hydrogens (tertiary/aromatic N) is 3. The fourth-order valence-corrected chi connectivity index (χ4v) is 4.67. The van der Waals surface area contributed by atoms with Crippen LogP contribution < -0.4 is 0 Å². The molecule has 3 heterocycles. The highest BCUT2D eigenvalue weighted by molar-refractivity contribution is 7.99. The summed E-state index contributed by atoms with van der Waals surface area (Å²) in [4.78, 5) is 33.2. The molecular weight excluding hydrogens is 350 g/mol. The van der Waals surface area contributed by atoms with Crippen LogP contribution in [0.1, 0.15) is 25.7 Å². The summed E-state index contributed by atoms with van der Waals surface area (Å²) in [5.74, 6) is 1.24. The van der Waals surface area contributed by atoms with Crippen molar-refractivity contribution in [2.75, 3.05) is 39.1 Å². The number of amides is 2. The molecule has 2 aliphatic heterocycles. The van der Waals surface area contributed by atoms with E-state index in [1.165, 1.54) is 11.8 Å². The van der Waals surface area contributed by atoms with Crippen molar-refractivity contribution in [3.8, 4) is 0 Å². The van der Waals surface area contributed by atoms with Gasteiger partial charge in [0.2, 0.25) is 11.8 Å². The molecule has 0 N–H and O–H groups in total. The zero-order chi connectivity index (χ0) is 18.4. The topological polar surface area (TPSA) is 62.7 Å². The Bertz CT molecular complexity index is 613. The summed E-state index contributed by atoms with van der Waals surface area (Å²) in [7, 11) is 1.69. The first-order valence-corrected chi connectivity index (χ1v) is 10.3. The van der Waals surface area contributed by atoms with Crippen molar-refractivity contribution in [3.63, 3.8) is 0 Å². The molecule has 0 aliphatic carbocycles. The highest BCUT2D eigenvalue weighted by Crippen LogP contribution is 2.31. The Labute approximate surface area is 159 Å². The fraction of sp³-hybridized carbons (Fsp3) is 0.632. The van der Waals surface area contributed by atoms with Gasteiger partial charge in [-0.05, 0) is 37.3 Å². The maximum absolute atomic E-state index is 12.6. The number of hydrogen-bond acceptors (Lipinski definition) is 5. The van der Waals surface area contributed by atoms with E-state index >= 15 is 0 Å². The molecule has 0 unspecified atom stereocenters. The monoisotopic (exact) mass is 377 g/mol. The summed E-state index contributed by atoms with van der Waals surface area (Å²) in [5.41, 5.74) is 0. The predicted molar refractivity (Wildman–Crippen MR) is 101 cm³/mol. The van der Waals surface area contributed by atoms with E-state index in [0.717, 1.165) is 43.9 Å². The first-order valence-electron chi connectivity index (χ1n) is 9.29. The van der Waals surface area contributed by atoms with Gasteiger partial charge in [0.15, 0.2) is 0 Å². The Morgan fingerprint density at radius 3 is 3.04 bits per heavy atom. The van der Waals surface area contributed by atoms with Gasteiger partial charge in [-0.2, -0.15) is 0 Å². The number of aromatic nitrogens is 1. The van der Waals surface area contributed by atoms with Crippen LogP contribution in [0.15, 0.2) is 29.4 Å². The number of ether oxygens (including phenoxy) is 1. The van der Waals surface area contributed by atoms with Crippen LogP contribution >= 0.6 is 11.8 Å². The minimum atomic E-state index is 0.168. The summed E-state index contributed by atoms with van der Waals surface area (Å²) in [6.45, 7) is 2.94. The number of rotatable bonds is 7. The van der Waals surface area contributed by atoms with E-state index in [0.29, 0.717) is 24.7 Å². The molecule has 2 atom stereocenters. The molecule has 0 bridgehead atoms. The van der Waals surface area contributed by atoms with Crippen LogP contribution in [0, 0.1) is 5.92 Å². The normalized spacial score (nSPS) is 23.0. The number of piperidine rings is 2. The van der Waals surface area contributed by atoms with Gasteiger partial charge in [-0.25, -0.2) is 4.98 Å². The minimum absolute atomic E-state index is 0.168. The SMILES string of the molecule is COCCCN1C(=O)CC[C@H]2CN(C(=O)CSc3ccccn3)CC[C@H]21. The first-order chi connectivity index (χ1) is 12.7. The molecule has 0 spiro atoms. The molecule has 7 heteroatoms.